The van der Waals surface area contributed by atoms with Crippen LogP contribution in [0.15, 0.2) is 18.2 Å². The minimum atomic E-state index is -3.19. The number of esters is 1. The van der Waals surface area contributed by atoms with Crippen LogP contribution in [0, 0.1) is 0 Å². The summed E-state index contributed by atoms with van der Waals surface area (Å²) in [6.45, 7) is -0.275. The Labute approximate surface area is 152 Å². The number of hydrogen-bond donors (Lipinski definition) is 0. The summed E-state index contributed by atoms with van der Waals surface area (Å²) in [6, 6.07) is 4.57. The standard InChI is InChI=1S/C17H23NO7S/c1-23-14-5-4-12(8-15(14)24-2)9-16(19)18(10-17(20)25-3)13-6-7-26(21,22)11-13/h4-5,8,13H,6-7,9-11H2,1-3H3/t13-/m0/s1. The predicted octanol–water partition coefficient (Wildman–Crippen LogP) is 0.435. The topological polar surface area (TPSA) is 99.2 Å². The number of carbonyl (C=O) groups is 2. The first-order valence-corrected chi connectivity index (χ1v) is 9.89. The fourth-order valence-corrected chi connectivity index (χ4v) is 4.64. The van der Waals surface area contributed by atoms with Gasteiger partial charge in [0.2, 0.25) is 5.91 Å². The summed E-state index contributed by atoms with van der Waals surface area (Å²) < 4.78 is 38.5. The van der Waals surface area contributed by atoms with Crippen molar-refractivity contribution in [3.8, 4) is 11.5 Å². The molecule has 0 N–H and O–H groups in total. The zero-order valence-electron chi connectivity index (χ0n) is 15.1. The largest absolute Gasteiger partial charge is 0.493 e. The number of carbonyl (C=O) groups excluding carboxylic acids is 2. The third-order valence-electron chi connectivity index (χ3n) is 4.30. The van der Waals surface area contributed by atoms with Gasteiger partial charge in [-0.1, -0.05) is 6.07 Å². The van der Waals surface area contributed by atoms with E-state index < -0.39 is 21.8 Å². The summed E-state index contributed by atoms with van der Waals surface area (Å²) >= 11 is 0. The summed E-state index contributed by atoms with van der Waals surface area (Å²) in [7, 11) is 1.05. The Bertz CT molecular complexity index is 775. The maximum Gasteiger partial charge on any atom is 0.325 e. The van der Waals surface area contributed by atoms with Gasteiger partial charge in [-0.25, -0.2) is 8.42 Å². The highest BCUT2D eigenvalue weighted by Crippen LogP contribution is 2.28. The lowest BCUT2D eigenvalue weighted by Gasteiger charge is -2.27. The molecule has 1 heterocycles. The Kier molecular flexibility index (Phi) is 6.47. The first kappa shape index (κ1) is 20.0. The maximum absolute atomic E-state index is 12.8. The van der Waals surface area contributed by atoms with Crippen LogP contribution in [-0.4, -0.2) is 70.6 Å². The van der Waals surface area contributed by atoms with Gasteiger partial charge in [0, 0.05) is 6.04 Å². The number of ether oxygens (including phenoxy) is 3. The normalized spacial score (nSPS) is 18.2. The van der Waals surface area contributed by atoms with Crippen LogP contribution >= 0.6 is 0 Å². The number of amides is 1. The van der Waals surface area contributed by atoms with Crippen molar-refractivity contribution in [2.45, 2.75) is 18.9 Å². The fourth-order valence-electron chi connectivity index (χ4n) is 2.91. The van der Waals surface area contributed by atoms with Crippen LogP contribution < -0.4 is 9.47 Å². The molecule has 8 nitrogen and oxygen atoms in total. The minimum absolute atomic E-state index is 0.00783. The molecule has 0 bridgehead atoms. The highest BCUT2D eigenvalue weighted by Gasteiger charge is 2.35. The van der Waals surface area contributed by atoms with E-state index in [1.54, 1.807) is 18.2 Å². The molecular formula is C17H23NO7S. The molecule has 0 aliphatic carbocycles. The number of benzene rings is 1. The van der Waals surface area contributed by atoms with Gasteiger partial charge in [-0.3, -0.25) is 9.59 Å². The first-order chi connectivity index (χ1) is 12.3. The van der Waals surface area contributed by atoms with Crippen LogP contribution in [-0.2, 0) is 30.6 Å². The Morgan fingerprint density at radius 1 is 1.15 bits per heavy atom. The van der Waals surface area contributed by atoms with Gasteiger partial charge in [-0.15, -0.1) is 0 Å². The van der Waals surface area contributed by atoms with E-state index in [2.05, 4.69) is 4.74 Å². The molecular weight excluding hydrogens is 362 g/mol. The second kappa shape index (κ2) is 8.39. The van der Waals surface area contributed by atoms with Crippen LogP contribution in [0.4, 0.5) is 0 Å². The molecule has 2 rings (SSSR count). The third-order valence-corrected chi connectivity index (χ3v) is 6.05. The zero-order valence-corrected chi connectivity index (χ0v) is 15.9. The van der Waals surface area contributed by atoms with E-state index in [0.717, 1.165) is 0 Å². The molecule has 0 radical (unpaired) electrons. The quantitative estimate of drug-likeness (QED) is 0.628. The van der Waals surface area contributed by atoms with Gasteiger partial charge in [-0.2, -0.15) is 0 Å². The molecule has 1 saturated heterocycles. The molecule has 0 saturated carbocycles. The number of sulfone groups is 1. The molecule has 1 atom stereocenters. The van der Waals surface area contributed by atoms with Gasteiger partial charge >= 0.3 is 5.97 Å². The van der Waals surface area contributed by atoms with Crippen LogP contribution in [0.25, 0.3) is 0 Å². The number of methoxy groups -OCH3 is 3. The molecule has 1 aromatic carbocycles. The second-order valence-corrected chi connectivity index (χ2v) is 8.25. The molecule has 1 fully saturated rings. The van der Waals surface area contributed by atoms with Crippen molar-refractivity contribution in [3.05, 3.63) is 23.8 Å². The van der Waals surface area contributed by atoms with Crippen molar-refractivity contribution in [2.24, 2.45) is 0 Å². The van der Waals surface area contributed by atoms with Crippen molar-refractivity contribution in [1.82, 2.24) is 4.90 Å². The lowest BCUT2D eigenvalue weighted by atomic mass is 10.1. The summed E-state index contributed by atoms with van der Waals surface area (Å²) in [5.74, 6) is -0.0295. The van der Waals surface area contributed by atoms with Crippen LogP contribution in [0.1, 0.15) is 12.0 Å². The third kappa shape index (κ3) is 4.87. The first-order valence-electron chi connectivity index (χ1n) is 8.07. The van der Waals surface area contributed by atoms with Gasteiger partial charge in [0.15, 0.2) is 21.3 Å². The van der Waals surface area contributed by atoms with E-state index in [1.165, 1.54) is 26.2 Å². The summed E-state index contributed by atoms with van der Waals surface area (Å²) in [4.78, 5) is 25.7. The molecule has 0 unspecified atom stereocenters. The van der Waals surface area contributed by atoms with E-state index >= 15 is 0 Å². The molecule has 0 aromatic heterocycles. The van der Waals surface area contributed by atoms with Gasteiger partial charge in [0.05, 0.1) is 39.3 Å². The van der Waals surface area contributed by atoms with Crippen LogP contribution in [0.3, 0.4) is 0 Å². The van der Waals surface area contributed by atoms with E-state index in [1.807, 2.05) is 0 Å². The van der Waals surface area contributed by atoms with E-state index in [4.69, 9.17) is 9.47 Å². The van der Waals surface area contributed by atoms with Crippen molar-refractivity contribution < 1.29 is 32.2 Å². The van der Waals surface area contributed by atoms with Crippen LogP contribution in [0.2, 0.25) is 0 Å². The minimum Gasteiger partial charge on any atom is -0.493 e. The molecule has 144 valence electrons. The Morgan fingerprint density at radius 3 is 2.38 bits per heavy atom. The Balaban J connectivity index is 2.19. The lowest BCUT2D eigenvalue weighted by Crippen LogP contribution is -2.45. The fraction of sp³-hybridized carbons (Fsp3) is 0.529. The average Bonchev–Trinajstić information content (AvgIpc) is 2.98. The van der Waals surface area contributed by atoms with Crippen molar-refractivity contribution in [1.29, 1.82) is 0 Å². The molecule has 1 aromatic rings. The number of hydrogen-bond acceptors (Lipinski definition) is 7. The lowest BCUT2D eigenvalue weighted by molar-refractivity contribution is -0.148. The van der Waals surface area contributed by atoms with Gasteiger partial charge in [0.25, 0.3) is 0 Å². The van der Waals surface area contributed by atoms with E-state index in [0.29, 0.717) is 23.5 Å². The number of nitrogens with zero attached hydrogens (tertiary/aromatic N) is 1. The van der Waals surface area contributed by atoms with E-state index in [-0.39, 0.29) is 30.4 Å². The molecule has 1 aliphatic heterocycles. The second-order valence-electron chi connectivity index (χ2n) is 6.02. The van der Waals surface area contributed by atoms with Gasteiger partial charge in [0.1, 0.15) is 6.54 Å². The zero-order chi connectivity index (χ0) is 19.3. The summed E-state index contributed by atoms with van der Waals surface area (Å²) in [5, 5.41) is 0. The monoisotopic (exact) mass is 385 g/mol. The summed E-state index contributed by atoms with van der Waals surface area (Å²) in [6.07, 6.45) is 0.324. The molecule has 9 heteroatoms. The Hall–Kier alpha value is -2.29. The average molecular weight is 385 g/mol. The predicted molar refractivity (Wildman–Crippen MR) is 94.0 cm³/mol. The van der Waals surface area contributed by atoms with E-state index in [9.17, 15) is 18.0 Å². The van der Waals surface area contributed by atoms with Gasteiger partial charge < -0.3 is 19.1 Å². The van der Waals surface area contributed by atoms with Crippen molar-refractivity contribution in [2.75, 3.05) is 39.4 Å². The molecule has 0 spiro atoms. The van der Waals surface area contributed by atoms with Crippen molar-refractivity contribution >= 4 is 21.7 Å². The molecule has 26 heavy (non-hydrogen) atoms. The molecule has 1 aliphatic rings. The number of rotatable bonds is 7. The highest BCUT2D eigenvalue weighted by molar-refractivity contribution is 7.91. The van der Waals surface area contributed by atoms with Crippen LogP contribution in [0.5, 0.6) is 11.5 Å². The highest BCUT2D eigenvalue weighted by atomic mass is 32.2. The summed E-state index contributed by atoms with van der Waals surface area (Å²) in [5.41, 5.74) is 0.670. The Morgan fingerprint density at radius 2 is 1.85 bits per heavy atom. The maximum atomic E-state index is 12.8. The smallest absolute Gasteiger partial charge is 0.325 e. The SMILES string of the molecule is COC(=O)CN(C(=O)Cc1ccc(OC)c(OC)c1)[C@H]1CCS(=O)(=O)C1. The van der Waals surface area contributed by atoms with Crippen molar-refractivity contribution in [3.63, 3.8) is 0 Å². The molecule has 1 amide bonds. The van der Waals surface area contributed by atoms with Gasteiger partial charge in [-0.05, 0) is 24.1 Å².